The molecule has 12 aromatic rings. The van der Waals surface area contributed by atoms with Gasteiger partial charge in [-0.15, -0.1) is 0 Å². The fourth-order valence-electron chi connectivity index (χ4n) is 11.2. The SMILES string of the molecule is CC(C)S(=O)(=O)c1ccc(-c2cnc3[nH]cc(NC(=O)c4ccc(CNC5CCCC5)cc4)c3n2)cc1.CC(C)S(=O)(=O)c1ccc(-c2cnc3[nH]cc(NC(=O)c4cccc(C(=O)O)c4)c3n2)cc1.CNCc1cccc(C(=O)Nc2c[nH]c3ncc(-c4ccc(S(=O)(=O)C(C)C)cc4)nc23)c1.[HH].[HH].[HH].[HH].[HH].[HH].[HH].[HH].[HH].[HH]. The van der Waals surface area contributed by atoms with Gasteiger partial charge in [0.2, 0.25) is 0 Å². The quantitative estimate of drug-likeness (QED) is 0.0323. The number of carboxylic acids is 1. The van der Waals surface area contributed by atoms with Gasteiger partial charge in [0.05, 0.1) is 88.7 Å². The third-order valence-electron chi connectivity index (χ3n) is 17.3. The molecule has 0 atom stereocenters. The largest absolute Gasteiger partial charge is 0.478 e. The van der Waals surface area contributed by atoms with Gasteiger partial charge in [0.15, 0.2) is 46.5 Å². The van der Waals surface area contributed by atoms with Crippen molar-refractivity contribution in [3.05, 3.63) is 216 Å². The summed E-state index contributed by atoms with van der Waals surface area (Å²) in [7, 11) is -8.23. The van der Waals surface area contributed by atoms with Crippen LogP contribution in [0.25, 0.3) is 67.3 Å². The zero-order chi connectivity index (χ0) is 73.3. The highest BCUT2D eigenvalue weighted by atomic mass is 32.2. The number of hydrogen-bond acceptors (Lipinski definition) is 18. The maximum atomic E-state index is 12.9. The highest BCUT2D eigenvalue weighted by molar-refractivity contribution is 7.92. The van der Waals surface area contributed by atoms with Crippen LogP contribution in [0, 0.1) is 0 Å². The number of aromatic amines is 3. The number of aromatic nitrogens is 9. The van der Waals surface area contributed by atoms with Gasteiger partial charge in [-0.1, -0.05) is 79.6 Å². The summed E-state index contributed by atoms with van der Waals surface area (Å²) in [5.74, 6) is -2.09. The molecule has 550 valence electrons. The summed E-state index contributed by atoms with van der Waals surface area (Å²) < 4.78 is 74.2. The number of carbonyl (C=O) groups is 4. The van der Waals surface area contributed by atoms with Gasteiger partial charge < -0.3 is 46.6 Å². The van der Waals surface area contributed by atoms with E-state index in [1.165, 1.54) is 62.1 Å². The van der Waals surface area contributed by atoms with E-state index in [1.807, 2.05) is 49.5 Å². The number of H-pyrrole nitrogens is 3. The van der Waals surface area contributed by atoms with Crippen LogP contribution < -0.4 is 26.6 Å². The fourth-order valence-corrected chi connectivity index (χ4v) is 14.4. The number of nitrogens with zero attached hydrogens (tertiary/aromatic N) is 6. The van der Waals surface area contributed by atoms with E-state index in [0.29, 0.717) is 96.9 Å². The number of hydrogen-bond donors (Lipinski definition) is 9. The molecule has 0 aliphatic heterocycles. The minimum atomic E-state index is -3.38. The molecule has 25 nitrogen and oxygen atoms in total. The third-order valence-corrected chi connectivity index (χ3v) is 23.8. The Balaban J connectivity index is 0.000000813. The van der Waals surface area contributed by atoms with Crippen LogP contribution in [-0.2, 0) is 42.6 Å². The molecular weight excluding hydrogens is 1370 g/mol. The van der Waals surface area contributed by atoms with E-state index in [9.17, 15) is 44.4 Å². The number of carboxylic acid groups (broad SMARTS) is 1. The van der Waals surface area contributed by atoms with E-state index in [0.717, 1.165) is 28.8 Å². The normalized spacial score (nSPS) is 12.7. The molecule has 6 heterocycles. The number of nitrogens with one attached hydrogen (secondary N) is 8. The summed E-state index contributed by atoms with van der Waals surface area (Å²) in [5.41, 5.74) is 11.7. The average Bonchev–Trinajstić information content (AvgIpc) is 1.76. The van der Waals surface area contributed by atoms with Crippen LogP contribution in [0.4, 0.5) is 17.1 Å². The Hall–Kier alpha value is -11.2. The maximum absolute atomic E-state index is 12.9. The Labute approximate surface area is 609 Å². The van der Waals surface area contributed by atoms with Gasteiger partial charge >= 0.3 is 5.97 Å². The van der Waals surface area contributed by atoms with E-state index in [1.54, 1.807) is 145 Å². The lowest BCUT2D eigenvalue weighted by molar-refractivity contribution is 0.0696. The molecule has 103 heavy (non-hydrogen) atoms. The molecule has 0 bridgehead atoms. The van der Waals surface area contributed by atoms with Crippen molar-refractivity contribution in [3.8, 4) is 33.8 Å². The lowest BCUT2D eigenvalue weighted by atomic mass is 10.1. The van der Waals surface area contributed by atoms with Crippen LogP contribution in [-0.4, -0.2) is 128 Å². The molecule has 6 aromatic carbocycles. The maximum Gasteiger partial charge on any atom is 0.335 e. The fraction of sp³-hybridized carbons (Fsp3) is 0.227. The molecule has 6 aromatic heterocycles. The molecule has 1 aliphatic rings. The predicted octanol–water partition coefficient (Wildman–Crippen LogP) is 15.1. The highest BCUT2D eigenvalue weighted by Gasteiger charge is 2.24. The van der Waals surface area contributed by atoms with Gasteiger partial charge in [0, 0.05) is 85.4 Å². The van der Waals surface area contributed by atoms with Crippen LogP contribution in [0.3, 0.4) is 0 Å². The first kappa shape index (κ1) is 73.1. The molecule has 13 rings (SSSR count). The summed E-state index contributed by atoms with van der Waals surface area (Å²) in [5, 5.41) is 22.8. The molecule has 1 fully saturated rings. The Kier molecular flexibility index (Phi) is 22.3. The van der Waals surface area contributed by atoms with Crippen molar-refractivity contribution in [3.63, 3.8) is 0 Å². The van der Waals surface area contributed by atoms with Gasteiger partial charge in [-0.25, -0.2) is 60.0 Å². The number of aromatic carboxylic acids is 1. The van der Waals surface area contributed by atoms with Crippen molar-refractivity contribution in [2.24, 2.45) is 0 Å². The van der Waals surface area contributed by atoms with Crippen molar-refractivity contribution >= 4 is 104 Å². The molecule has 1 saturated carbocycles. The van der Waals surface area contributed by atoms with E-state index in [-0.39, 0.29) is 51.9 Å². The Morgan fingerprint density at radius 2 is 0.816 bits per heavy atom. The van der Waals surface area contributed by atoms with Crippen molar-refractivity contribution in [1.29, 1.82) is 0 Å². The van der Waals surface area contributed by atoms with Gasteiger partial charge in [-0.05, 0) is 151 Å². The second-order valence-corrected chi connectivity index (χ2v) is 32.9. The molecule has 0 spiro atoms. The second kappa shape index (κ2) is 31.4. The van der Waals surface area contributed by atoms with Gasteiger partial charge in [0.1, 0.15) is 16.6 Å². The molecule has 0 saturated heterocycles. The van der Waals surface area contributed by atoms with E-state index in [4.69, 9.17) is 5.11 Å². The molecule has 1 aliphatic carbocycles. The van der Waals surface area contributed by atoms with Crippen molar-refractivity contribution in [2.45, 2.75) is 117 Å². The first-order chi connectivity index (χ1) is 49.3. The molecule has 9 N–H and O–H groups in total. The first-order valence-corrected chi connectivity index (χ1v) is 37.8. The number of benzene rings is 6. The smallest absolute Gasteiger partial charge is 0.335 e. The topological polar surface area (TPSA) is 376 Å². The summed E-state index contributed by atoms with van der Waals surface area (Å²) in [4.78, 5) is 86.4. The van der Waals surface area contributed by atoms with Crippen LogP contribution >= 0.6 is 0 Å². The predicted molar refractivity (Wildman–Crippen MR) is 418 cm³/mol. The minimum absolute atomic E-state index is 0. The van der Waals surface area contributed by atoms with Gasteiger partial charge in [-0.3, -0.25) is 14.4 Å². The van der Waals surface area contributed by atoms with Crippen molar-refractivity contribution in [2.75, 3.05) is 23.0 Å². The molecule has 0 radical (unpaired) electrons. The number of carbonyl (C=O) groups excluding carboxylic acids is 3. The second-order valence-electron chi connectivity index (χ2n) is 25.4. The Morgan fingerprint density at radius 3 is 1.18 bits per heavy atom. The Morgan fingerprint density at radius 1 is 0.456 bits per heavy atom. The number of rotatable bonds is 21. The number of sulfone groups is 3. The van der Waals surface area contributed by atoms with E-state index < -0.39 is 57.1 Å². The lowest BCUT2D eigenvalue weighted by Gasteiger charge is -2.12. The summed E-state index contributed by atoms with van der Waals surface area (Å²) >= 11 is 0. The molecular formula is C75H96N14O11S3. The van der Waals surface area contributed by atoms with Crippen LogP contribution in [0.15, 0.2) is 197 Å². The third kappa shape index (κ3) is 16.9. The standard InChI is InChI=1S/C28H31N5O3S.C24H25N5O3S.C23H20N4O5S.10H2/c1-18(2)37(35,36)23-13-11-20(12-14-23)24-16-30-27-26(32-24)25(17-31-27)33-28(34)21-9-7-19(8-10-21)15-29-22-5-3-4-6-22;1-15(2)33(31,32)19-9-7-17(8-10-19)20-13-26-23-22(28-20)21(14-27-23)29-24(30)18-6-4-5-16(11-18)12-25-3;1-13(2)33(31,32)17-8-6-14(7-9-17)18-11-24-21-20(26-18)19(12-25-21)27-22(28)15-4-3-5-16(10-15)23(29)30;;;;;;;;;;/h7-14,16-18,22,29H,3-6,15H2,1-2H3,(H,30,31)(H,33,34);4-11,13-15,25H,12H2,1-3H3,(H,26,27)(H,29,30);3-13H,1-2H3,(H,24,25)(H,27,28)(H,29,30);10*1H. The number of fused-ring (bicyclic) bond motifs is 3. The summed E-state index contributed by atoms with van der Waals surface area (Å²) in [6.45, 7) is 11.4. The van der Waals surface area contributed by atoms with Crippen molar-refractivity contribution in [1.82, 2.24) is 55.5 Å². The number of amides is 3. The van der Waals surface area contributed by atoms with Crippen LogP contribution in [0.2, 0.25) is 0 Å². The minimum Gasteiger partial charge on any atom is -0.478 e. The van der Waals surface area contributed by atoms with E-state index in [2.05, 4.69) is 71.4 Å². The summed E-state index contributed by atoms with van der Waals surface area (Å²) in [6.07, 6.45) is 14.7. The van der Waals surface area contributed by atoms with Gasteiger partial charge in [-0.2, -0.15) is 0 Å². The zero-order valence-electron chi connectivity index (χ0n) is 57.3. The Bertz CT molecular complexity index is 5510. The van der Waals surface area contributed by atoms with Gasteiger partial charge in [0.25, 0.3) is 17.7 Å². The van der Waals surface area contributed by atoms with Crippen LogP contribution in [0.5, 0.6) is 0 Å². The molecule has 3 amide bonds. The number of anilines is 3. The summed E-state index contributed by atoms with van der Waals surface area (Å²) in [6, 6.07) is 40.9. The zero-order valence-corrected chi connectivity index (χ0v) is 59.8. The average molecular weight is 1470 g/mol. The van der Waals surface area contributed by atoms with E-state index >= 15 is 0 Å². The highest BCUT2D eigenvalue weighted by Crippen LogP contribution is 2.31. The first-order valence-electron chi connectivity index (χ1n) is 33.2. The van der Waals surface area contributed by atoms with Crippen molar-refractivity contribution < 1.29 is 63.8 Å². The molecule has 28 heteroatoms. The lowest BCUT2D eigenvalue weighted by Crippen LogP contribution is -2.25. The molecule has 0 unspecified atom stereocenters. The van der Waals surface area contributed by atoms with Crippen LogP contribution in [0.1, 0.15) is 134 Å². The monoisotopic (exact) mass is 1460 g/mol.